The summed E-state index contributed by atoms with van der Waals surface area (Å²) in [5.74, 6) is 2.38. The van der Waals surface area contributed by atoms with Crippen molar-refractivity contribution in [3.05, 3.63) is 70.4 Å². The van der Waals surface area contributed by atoms with Gasteiger partial charge in [-0.1, -0.05) is 0 Å². The molecule has 0 radical (unpaired) electrons. The molecular weight excluding hydrogens is 396 g/mol. The van der Waals surface area contributed by atoms with E-state index in [2.05, 4.69) is 34.3 Å². The van der Waals surface area contributed by atoms with Crippen molar-refractivity contribution in [3.63, 3.8) is 0 Å². The highest BCUT2D eigenvalue weighted by Gasteiger charge is 2.11. The van der Waals surface area contributed by atoms with E-state index in [9.17, 15) is 0 Å². The van der Waals surface area contributed by atoms with Crippen molar-refractivity contribution in [3.8, 4) is 28.5 Å². The lowest BCUT2D eigenvalue weighted by Crippen LogP contribution is -2.14. The predicted octanol–water partition coefficient (Wildman–Crippen LogP) is 5.28. The fourth-order valence-corrected chi connectivity index (χ4v) is 4.05. The van der Waals surface area contributed by atoms with Crippen LogP contribution in [0.1, 0.15) is 11.1 Å². The van der Waals surface area contributed by atoms with E-state index in [1.807, 2.05) is 30.3 Å². The Morgan fingerprint density at radius 3 is 2.27 bits per heavy atom. The van der Waals surface area contributed by atoms with Gasteiger partial charge in [0.25, 0.3) is 0 Å². The summed E-state index contributed by atoms with van der Waals surface area (Å²) in [7, 11) is 5.00. The Morgan fingerprint density at radius 2 is 1.60 bits per heavy atom. The van der Waals surface area contributed by atoms with Gasteiger partial charge in [-0.15, -0.1) is 0 Å². The summed E-state index contributed by atoms with van der Waals surface area (Å²) in [6.45, 7) is 1.39. The van der Waals surface area contributed by atoms with E-state index >= 15 is 0 Å². The predicted molar refractivity (Wildman–Crippen MR) is 122 cm³/mol. The van der Waals surface area contributed by atoms with Crippen molar-refractivity contribution in [1.82, 2.24) is 10.3 Å². The van der Waals surface area contributed by atoms with Gasteiger partial charge < -0.3 is 19.5 Å². The SMILES string of the molecule is COc1cc(CNCc2cc3ccc(OC)cc3nc2-c2ccsc2)cc(OC)c1. The smallest absolute Gasteiger partial charge is 0.122 e. The van der Waals surface area contributed by atoms with Gasteiger partial charge in [0.1, 0.15) is 17.2 Å². The van der Waals surface area contributed by atoms with Crippen LogP contribution in [0.4, 0.5) is 0 Å². The first-order chi connectivity index (χ1) is 14.7. The van der Waals surface area contributed by atoms with E-state index in [0.717, 1.165) is 50.5 Å². The van der Waals surface area contributed by atoms with Gasteiger partial charge in [-0.3, -0.25) is 0 Å². The topological polar surface area (TPSA) is 52.6 Å². The van der Waals surface area contributed by atoms with Gasteiger partial charge in [-0.2, -0.15) is 11.3 Å². The minimum absolute atomic E-state index is 0.692. The van der Waals surface area contributed by atoms with Crippen molar-refractivity contribution >= 4 is 22.2 Å². The molecule has 4 rings (SSSR count). The summed E-state index contributed by atoms with van der Waals surface area (Å²) in [5.41, 5.74) is 5.30. The lowest BCUT2D eigenvalue weighted by Gasteiger charge is -2.13. The van der Waals surface area contributed by atoms with Gasteiger partial charge >= 0.3 is 0 Å². The molecule has 0 amide bonds. The maximum atomic E-state index is 5.37. The van der Waals surface area contributed by atoms with Crippen molar-refractivity contribution < 1.29 is 14.2 Å². The highest BCUT2D eigenvalue weighted by atomic mass is 32.1. The van der Waals surface area contributed by atoms with Crippen LogP contribution in [0.3, 0.4) is 0 Å². The Bertz CT molecular complexity index is 1120. The average Bonchev–Trinajstić information content (AvgIpc) is 3.32. The van der Waals surface area contributed by atoms with Crippen LogP contribution < -0.4 is 19.5 Å². The Labute approximate surface area is 180 Å². The van der Waals surface area contributed by atoms with E-state index < -0.39 is 0 Å². The van der Waals surface area contributed by atoms with Crippen LogP contribution in [0.2, 0.25) is 0 Å². The third kappa shape index (κ3) is 4.40. The minimum atomic E-state index is 0.692. The molecule has 0 atom stereocenters. The molecule has 0 spiro atoms. The second-order valence-corrected chi connectivity index (χ2v) is 7.67. The number of fused-ring (bicyclic) bond motifs is 1. The van der Waals surface area contributed by atoms with Crippen LogP contribution in [0, 0.1) is 0 Å². The van der Waals surface area contributed by atoms with E-state index in [1.165, 1.54) is 0 Å². The second-order valence-electron chi connectivity index (χ2n) is 6.89. The van der Waals surface area contributed by atoms with E-state index in [4.69, 9.17) is 19.2 Å². The van der Waals surface area contributed by atoms with Crippen LogP contribution in [0.5, 0.6) is 17.2 Å². The van der Waals surface area contributed by atoms with Crippen LogP contribution in [-0.4, -0.2) is 26.3 Å². The number of hydrogen-bond acceptors (Lipinski definition) is 6. The van der Waals surface area contributed by atoms with E-state index in [-0.39, 0.29) is 0 Å². The summed E-state index contributed by atoms with van der Waals surface area (Å²) in [6, 6.07) is 16.2. The molecule has 4 aromatic rings. The third-order valence-electron chi connectivity index (χ3n) is 4.95. The summed E-state index contributed by atoms with van der Waals surface area (Å²) < 4.78 is 16.1. The van der Waals surface area contributed by atoms with Gasteiger partial charge in [0.15, 0.2) is 0 Å². The zero-order chi connectivity index (χ0) is 20.9. The molecule has 2 heterocycles. The number of nitrogens with zero attached hydrogens (tertiary/aromatic N) is 1. The fourth-order valence-electron chi connectivity index (χ4n) is 3.41. The lowest BCUT2D eigenvalue weighted by atomic mass is 10.0. The summed E-state index contributed by atoms with van der Waals surface area (Å²) in [4.78, 5) is 4.95. The van der Waals surface area contributed by atoms with Crippen LogP contribution in [0.25, 0.3) is 22.2 Å². The van der Waals surface area contributed by atoms with Gasteiger partial charge in [-0.05, 0) is 52.9 Å². The molecule has 0 aliphatic carbocycles. The summed E-state index contributed by atoms with van der Waals surface area (Å²) >= 11 is 1.67. The number of nitrogens with one attached hydrogen (secondary N) is 1. The van der Waals surface area contributed by atoms with E-state index in [0.29, 0.717) is 13.1 Å². The average molecular weight is 421 g/mol. The highest BCUT2D eigenvalue weighted by Crippen LogP contribution is 2.29. The Hall–Kier alpha value is -3.09. The quantitative estimate of drug-likeness (QED) is 0.420. The molecule has 30 heavy (non-hydrogen) atoms. The first kappa shape index (κ1) is 20.2. The van der Waals surface area contributed by atoms with Crippen molar-refractivity contribution in [2.24, 2.45) is 0 Å². The molecule has 0 fully saturated rings. The van der Waals surface area contributed by atoms with Crippen LogP contribution in [0.15, 0.2) is 59.3 Å². The molecule has 0 aliphatic heterocycles. The highest BCUT2D eigenvalue weighted by molar-refractivity contribution is 7.08. The number of hydrogen-bond donors (Lipinski definition) is 1. The molecular formula is C24H24N2O3S. The Balaban J connectivity index is 1.61. The largest absolute Gasteiger partial charge is 0.497 e. The maximum Gasteiger partial charge on any atom is 0.122 e. The third-order valence-corrected chi connectivity index (χ3v) is 5.64. The number of rotatable bonds is 8. The molecule has 2 aromatic carbocycles. The number of pyridine rings is 1. The Kier molecular flexibility index (Phi) is 6.16. The summed E-state index contributed by atoms with van der Waals surface area (Å²) in [6.07, 6.45) is 0. The fraction of sp³-hybridized carbons (Fsp3) is 0.208. The van der Waals surface area contributed by atoms with Crippen LogP contribution >= 0.6 is 11.3 Å². The number of aromatic nitrogens is 1. The Morgan fingerprint density at radius 1 is 0.833 bits per heavy atom. The number of ether oxygens (including phenoxy) is 3. The molecule has 2 aromatic heterocycles. The zero-order valence-electron chi connectivity index (χ0n) is 17.3. The lowest BCUT2D eigenvalue weighted by molar-refractivity contribution is 0.393. The number of benzene rings is 2. The summed E-state index contributed by atoms with van der Waals surface area (Å²) in [5, 5.41) is 8.84. The first-order valence-electron chi connectivity index (χ1n) is 9.63. The van der Waals surface area contributed by atoms with E-state index in [1.54, 1.807) is 32.7 Å². The van der Waals surface area contributed by atoms with Crippen molar-refractivity contribution in [1.29, 1.82) is 0 Å². The molecule has 0 aliphatic rings. The minimum Gasteiger partial charge on any atom is -0.497 e. The first-order valence-corrected chi connectivity index (χ1v) is 10.6. The molecule has 5 nitrogen and oxygen atoms in total. The maximum absolute atomic E-state index is 5.37. The standard InChI is InChI=1S/C24H24N2O3S/c1-27-20-5-4-17-10-19(24(26-23(17)12-20)18-6-7-30-15-18)14-25-13-16-8-21(28-2)11-22(9-16)29-3/h4-12,15,25H,13-14H2,1-3H3. The molecule has 6 heteroatoms. The van der Waals surface area contributed by atoms with Crippen molar-refractivity contribution in [2.45, 2.75) is 13.1 Å². The van der Waals surface area contributed by atoms with Gasteiger partial charge in [0.2, 0.25) is 0 Å². The number of methoxy groups -OCH3 is 3. The normalized spacial score (nSPS) is 10.9. The molecule has 0 bridgehead atoms. The zero-order valence-corrected chi connectivity index (χ0v) is 18.1. The molecule has 1 N–H and O–H groups in total. The van der Waals surface area contributed by atoms with Gasteiger partial charge in [0, 0.05) is 41.6 Å². The number of thiophene rings is 1. The van der Waals surface area contributed by atoms with Crippen molar-refractivity contribution in [2.75, 3.05) is 21.3 Å². The molecule has 154 valence electrons. The molecule has 0 saturated carbocycles. The molecule has 0 unspecified atom stereocenters. The van der Waals surface area contributed by atoms with Crippen LogP contribution in [-0.2, 0) is 13.1 Å². The molecule has 0 saturated heterocycles. The second kappa shape index (κ2) is 9.15. The van der Waals surface area contributed by atoms with Gasteiger partial charge in [-0.25, -0.2) is 4.98 Å². The monoisotopic (exact) mass is 420 g/mol. The van der Waals surface area contributed by atoms with Gasteiger partial charge in [0.05, 0.1) is 32.5 Å².